The largest absolute Gasteiger partial charge is 0.355 e. The fraction of sp³-hybridized carbons (Fsp3) is 0.600. The molecule has 0 fully saturated rings. The third-order valence-corrected chi connectivity index (χ3v) is 4.46. The molecule has 0 aliphatic carbocycles. The summed E-state index contributed by atoms with van der Waals surface area (Å²) in [5.74, 6) is 0.607. The molecule has 0 amide bonds. The zero-order valence-electron chi connectivity index (χ0n) is 14.5. The van der Waals surface area contributed by atoms with Crippen molar-refractivity contribution in [3.63, 3.8) is 0 Å². The summed E-state index contributed by atoms with van der Waals surface area (Å²) in [5.41, 5.74) is 1.29. The van der Waals surface area contributed by atoms with E-state index in [1.54, 1.807) is 0 Å². The normalized spacial score (nSPS) is 17.7. The van der Waals surface area contributed by atoms with E-state index >= 15 is 0 Å². The summed E-state index contributed by atoms with van der Waals surface area (Å²) in [6.45, 7) is 8.10. The van der Waals surface area contributed by atoms with Gasteiger partial charge in [-0.1, -0.05) is 71.1 Å². The van der Waals surface area contributed by atoms with Gasteiger partial charge in [-0.05, 0) is 24.5 Å². The van der Waals surface area contributed by atoms with Crippen LogP contribution in [0.15, 0.2) is 42.7 Å². The Balaban J connectivity index is 1.86. The second-order valence-electron chi connectivity index (χ2n) is 6.70. The van der Waals surface area contributed by atoms with E-state index in [0.29, 0.717) is 12.1 Å². The zero-order valence-corrected chi connectivity index (χ0v) is 14.5. The van der Waals surface area contributed by atoms with Gasteiger partial charge >= 0.3 is 0 Å². The van der Waals surface area contributed by atoms with E-state index in [4.69, 9.17) is 0 Å². The van der Waals surface area contributed by atoms with Crippen LogP contribution >= 0.6 is 0 Å². The smallest absolute Gasteiger partial charge is 0.108 e. The van der Waals surface area contributed by atoms with Crippen molar-refractivity contribution in [2.75, 3.05) is 11.4 Å². The topological polar surface area (TPSA) is 6.48 Å². The molecule has 0 bridgehead atoms. The molecule has 0 N–H and O–H groups in total. The lowest BCUT2D eigenvalue weighted by Crippen LogP contribution is -2.43. The summed E-state index contributed by atoms with van der Waals surface area (Å²) in [7, 11) is 0. The summed E-state index contributed by atoms with van der Waals surface area (Å²) in [6, 6.07) is 10.7. The maximum Gasteiger partial charge on any atom is 0.108 e. The summed E-state index contributed by atoms with van der Waals surface area (Å²) < 4.78 is 0. The third kappa shape index (κ3) is 4.53. The highest BCUT2D eigenvalue weighted by Crippen LogP contribution is 2.28. The molecular weight excluding hydrogens is 268 g/mol. The van der Waals surface area contributed by atoms with Gasteiger partial charge in [0.05, 0.1) is 0 Å². The van der Waals surface area contributed by atoms with E-state index in [1.165, 1.54) is 50.8 Å². The quantitative estimate of drug-likeness (QED) is 0.546. The molecule has 1 aliphatic heterocycles. The van der Waals surface area contributed by atoms with Crippen LogP contribution in [0.1, 0.15) is 59.3 Å². The number of unbranched alkanes of at least 4 members (excludes halogenated alkanes) is 5. The highest BCUT2D eigenvalue weighted by Gasteiger charge is 2.29. The average Bonchev–Trinajstić information content (AvgIpc) is 2.96. The molecule has 22 heavy (non-hydrogen) atoms. The van der Waals surface area contributed by atoms with Gasteiger partial charge < -0.3 is 9.80 Å². The molecular formula is C20H32N2. The van der Waals surface area contributed by atoms with Crippen molar-refractivity contribution in [1.82, 2.24) is 4.90 Å². The highest BCUT2D eigenvalue weighted by molar-refractivity contribution is 5.51. The van der Waals surface area contributed by atoms with Crippen molar-refractivity contribution in [2.24, 2.45) is 5.92 Å². The molecule has 0 radical (unpaired) electrons. The molecule has 0 saturated carbocycles. The summed E-state index contributed by atoms with van der Waals surface area (Å²) in [5, 5.41) is 0. The second kappa shape index (κ2) is 8.87. The summed E-state index contributed by atoms with van der Waals surface area (Å²) in [4.78, 5) is 4.94. The number of benzene rings is 1. The molecule has 0 spiro atoms. The van der Waals surface area contributed by atoms with E-state index in [0.717, 1.165) is 0 Å². The van der Waals surface area contributed by atoms with Crippen molar-refractivity contribution < 1.29 is 0 Å². The molecule has 2 nitrogen and oxygen atoms in total. The monoisotopic (exact) mass is 300 g/mol. The van der Waals surface area contributed by atoms with Gasteiger partial charge in [-0.15, -0.1) is 0 Å². The number of anilines is 1. The maximum absolute atomic E-state index is 2.53. The lowest BCUT2D eigenvalue weighted by molar-refractivity contribution is 0.237. The molecule has 1 unspecified atom stereocenters. The van der Waals surface area contributed by atoms with E-state index in [1.807, 2.05) is 0 Å². The van der Waals surface area contributed by atoms with Crippen LogP contribution in [0.2, 0.25) is 0 Å². The molecule has 1 heterocycles. The minimum Gasteiger partial charge on any atom is -0.355 e. The highest BCUT2D eigenvalue weighted by atomic mass is 15.4. The first kappa shape index (κ1) is 16.9. The van der Waals surface area contributed by atoms with Crippen LogP contribution < -0.4 is 4.90 Å². The van der Waals surface area contributed by atoms with Gasteiger partial charge in [0.25, 0.3) is 0 Å². The fourth-order valence-corrected chi connectivity index (χ4v) is 3.32. The molecule has 2 heteroatoms. The SMILES string of the molecule is CCCCCCCCN1C=CN(c2ccccc2)C1C(C)C. The Morgan fingerprint density at radius 3 is 2.27 bits per heavy atom. The number of hydrogen-bond acceptors (Lipinski definition) is 2. The number of nitrogens with zero attached hydrogens (tertiary/aromatic N) is 2. The van der Waals surface area contributed by atoms with E-state index in [-0.39, 0.29) is 0 Å². The van der Waals surface area contributed by atoms with Crippen LogP contribution in [0.5, 0.6) is 0 Å². The first-order chi connectivity index (χ1) is 10.7. The van der Waals surface area contributed by atoms with Crippen LogP contribution in [0, 0.1) is 5.92 Å². The number of para-hydroxylation sites is 1. The van der Waals surface area contributed by atoms with Crippen LogP contribution in [-0.2, 0) is 0 Å². The average molecular weight is 300 g/mol. The Bertz CT molecular complexity index is 438. The summed E-state index contributed by atoms with van der Waals surface area (Å²) >= 11 is 0. The Kier molecular flexibility index (Phi) is 6.82. The Hall–Kier alpha value is -1.44. The van der Waals surface area contributed by atoms with Gasteiger partial charge in [0.2, 0.25) is 0 Å². The first-order valence-electron chi connectivity index (χ1n) is 9.01. The van der Waals surface area contributed by atoms with Crippen LogP contribution in [0.4, 0.5) is 5.69 Å². The molecule has 1 aromatic carbocycles. The minimum atomic E-state index is 0.457. The molecule has 0 aromatic heterocycles. The van der Waals surface area contributed by atoms with Crippen molar-refractivity contribution in [3.05, 3.63) is 42.7 Å². The standard InChI is InChI=1S/C20H32N2/c1-4-5-6-7-8-12-15-21-16-17-22(20(21)18(2)3)19-13-10-9-11-14-19/h9-11,13-14,16-18,20H,4-8,12,15H2,1-3H3. The van der Waals surface area contributed by atoms with Gasteiger partial charge in [-0.2, -0.15) is 0 Å². The van der Waals surface area contributed by atoms with Crippen molar-refractivity contribution in [1.29, 1.82) is 0 Å². The van der Waals surface area contributed by atoms with Crippen molar-refractivity contribution in [2.45, 2.75) is 65.5 Å². The molecule has 2 rings (SSSR count). The minimum absolute atomic E-state index is 0.457. The van der Waals surface area contributed by atoms with E-state index in [2.05, 4.69) is 73.3 Å². The number of hydrogen-bond donors (Lipinski definition) is 0. The second-order valence-corrected chi connectivity index (χ2v) is 6.70. The Morgan fingerprint density at radius 1 is 0.909 bits per heavy atom. The molecule has 0 saturated heterocycles. The predicted octanol–water partition coefficient (Wildman–Crippen LogP) is 5.62. The maximum atomic E-state index is 2.53. The number of rotatable bonds is 9. The fourth-order valence-electron chi connectivity index (χ4n) is 3.32. The van der Waals surface area contributed by atoms with Crippen LogP contribution in [0.25, 0.3) is 0 Å². The molecule has 1 aromatic rings. The van der Waals surface area contributed by atoms with Crippen molar-refractivity contribution in [3.8, 4) is 0 Å². The van der Waals surface area contributed by atoms with Crippen LogP contribution in [-0.4, -0.2) is 17.6 Å². The van der Waals surface area contributed by atoms with E-state index < -0.39 is 0 Å². The molecule has 122 valence electrons. The summed E-state index contributed by atoms with van der Waals surface area (Å²) in [6.07, 6.45) is 13.2. The van der Waals surface area contributed by atoms with Crippen molar-refractivity contribution >= 4 is 5.69 Å². The van der Waals surface area contributed by atoms with E-state index in [9.17, 15) is 0 Å². The molecule has 1 aliphatic rings. The van der Waals surface area contributed by atoms with Crippen LogP contribution in [0.3, 0.4) is 0 Å². The first-order valence-corrected chi connectivity index (χ1v) is 9.01. The Labute approximate surface area is 136 Å². The zero-order chi connectivity index (χ0) is 15.8. The Morgan fingerprint density at radius 2 is 1.59 bits per heavy atom. The van der Waals surface area contributed by atoms with Gasteiger partial charge in [0, 0.05) is 24.6 Å². The van der Waals surface area contributed by atoms with Gasteiger partial charge in [0.1, 0.15) is 6.17 Å². The van der Waals surface area contributed by atoms with Gasteiger partial charge in [0.15, 0.2) is 0 Å². The van der Waals surface area contributed by atoms with Gasteiger partial charge in [-0.3, -0.25) is 0 Å². The lowest BCUT2D eigenvalue weighted by Gasteiger charge is -2.35. The third-order valence-electron chi connectivity index (χ3n) is 4.46. The molecule has 1 atom stereocenters. The lowest BCUT2D eigenvalue weighted by atomic mass is 10.1. The van der Waals surface area contributed by atoms with Gasteiger partial charge in [-0.25, -0.2) is 0 Å². The predicted molar refractivity (Wildman–Crippen MR) is 96.8 cm³/mol.